The van der Waals surface area contributed by atoms with E-state index in [9.17, 15) is 9.59 Å². The molecule has 2 atom stereocenters. The molecule has 0 unspecified atom stereocenters. The number of benzene rings is 1. The van der Waals surface area contributed by atoms with E-state index in [2.05, 4.69) is 4.90 Å². The molecule has 0 spiro atoms. The van der Waals surface area contributed by atoms with Gasteiger partial charge in [0, 0.05) is 30.7 Å². The average Bonchev–Trinajstić information content (AvgIpc) is 3.43. The number of piperidine rings is 1. The Morgan fingerprint density at radius 1 is 1.20 bits per heavy atom. The Balaban J connectivity index is 1.39. The van der Waals surface area contributed by atoms with Crippen LogP contribution in [-0.4, -0.2) is 53.9 Å². The molecule has 1 aliphatic carbocycles. The molecule has 3 aliphatic heterocycles. The largest absolute Gasteiger partial charge is 0.484 e. The lowest BCUT2D eigenvalue weighted by molar-refractivity contribution is -0.140. The van der Waals surface area contributed by atoms with Crippen LogP contribution in [-0.2, 0) is 9.59 Å². The number of ether oxygens (including phenoxy) is 1. The average molecular weight is 363 g/mol. The molecule has 3 saturated heterocycles. The van der Waals surface area contributed by atoms with Gasteiger partial charge in [0.25, 0.3) is 5.91 Å². The molecule has 3 heterocycles. The fourth-order valence-corrected chi connectivity index (χ4v) is 4.04. The van der Waals surface area contributed by atoms with Crippen LogP contribution < -0.4 is 4.74 Å². The zero-order valence-electron chi connectivity index (χ0n) is 14.2. The molecule has 2 bridgehead atoms. The second-order valence-electron chi connectivity index (χ2n) is 7.41. The van der Waals surface area contributed by atoms with Crippen molar-refractivity contribution in [3.8, 4) is 5.75 Å². The van der Waals surface area contributed by atoms with E-state index in [1.54, 1.807) is 24.3 Å². The van der Waals surface area contributed by atoms with Crippen molar-refractivity contribution >= 4 is 23.4 Å². The molecular weight excluding hydrogens is 340 g/mol. The third-order valence-corrected chi connectivity index (χ3v) is 5.69. The lowest BCUT2D eigenvalue weighted by Gasteiger charge is -2.36. The Morgan fingerprint density at radius 3 is 2.80 bits per heavy atom. The molecule has 25 heavy (non-hydrogen) atoms. The van der Waals surface area contributed by atoms with Gasteiger partial charge in [-0.05, 0) is 49.8 Å². The van der Waals surface area contributed by atoms with Crippen LogP contribution in [0.5, 0.6) is 5.75 Å². The van der Waals surface area contributed by atoms with Gasteiger partial charge in [-0.3, -0.25) is 9.59 Å². The molecule has 5 rings (SSSR count). The van der Waals surface area contributed by atoms with Gasteiger partial charge in [0.05, 0.1) is 5.92 Å². The summed E-state index contributed by atoms with van der Waals surface area (Å²) in [5.41, 5.74) is 0. The Bertz CT molecular complexity index is 676. The molecule has 0 aromatic heterocycles. The number of carbonyl (C=O) groups excluding carboxylic acids is 2. The number of carbonyl (C=O) groups is 2. The third-order valence-electron chi connectivity index (χ3n) is 5.46. The van der Waals surface area contributed by atoms with Gasteiger partial charge in [0.15, 0.2) is 6.61 Å². The summed E-state index contributed by atoms with van der Waals surface area (Å²) in [5.74, 6) is 1.41. The maximum absolute atomic E-state index is 12.7. The lowest BCUT2D eigenvalue weighted by Crippen LogP contribution is -2.49. The summed E-state index contributed by atoms with van der Waals surface area (Å²) in [6.45, 7) is 2.01. The summed E-state index contributed by atoms with van der Waals surface area (Å²) < 4.78 is 5.59. The fourth-order valence-electron chi connectivity index (χ4n) is 3.86. The van der Waals surface area contributed by atoms with Crippen LogP contribution in [0, 0.1) is 11.8 Å². The van der Waals surface area contributed by atoms with Crippen molar-refractivity contribution in [3.05, 3.63) is 29.3 Å². The molecule has 134 valence electrons. The van der Waals surface area contributed by atoms with Gasteiger partial charge in [-0.2, -0.15) is 0 Å². The van der Waals surface area contributed by atoms with E-state index >= 15 is 0 Å². The molecule has 1 saturated carbocycles. The summed E-state index contributed by atoms with van der Waals surface area (Å²) in [7, 11) is 0. The van der Waals surface area contributed by atoms with Gasteiger partial charge in [-0.15, -0.1) is 0 Å². The molecule has 0 radical (unpaired) electrons. The van der Waals surface area contributed by atoms with Crippen LogP contribution in [0.25, 0.3) is 0 Å². The Hall–Kier alpha value is -1.75. The molecule has 5 nitrogen and oxygen atoms in total. The van der Waals surface area contributed by atoms with E-state index in [0.29, 0.717) is 29.8 Å². The summed E-state index contributed by atoms with van der Waals surface area (Å²) in [4.78, 5) is 29.2. The third kappa shape index (κ3) is 3.76. The molecule has 4 aliphatic rings. The van der Waals surface area contributed by atoms with Crippen LogP contribution >= 0.6 is 11.6 Å². The lowest BCUT2D eigenvalue weighted by atomic mass is 9.94. The minimum Gasteiger partial charge on any atom is -0.484 e. The van der Waals surface area contributed by atoms with Crippen LogP contribution in [0.4, 0.5) is 0 Å². The van der Waals surface area contributed by atoms with Crippen LogP contribution in [0.1, 0.15) is 25.7 Å². The van der Waals surface area contributed by atoms with E-state index in [0.717, 1.165) is 19.4 Å². The second kappa shape index (κ2) is 6.87. The monoisotopic (exact) mass is 362 g/mol. The molecule has 4 fully saturated rings. The molecule has 6 heteroatoms. The summed E-state index contributed by atoms with van der Waals surface area (Å²) in [6.07, 6.45) is 4.36. The topological polar surface area (TPSA) is 49.9 Å². The van der Waals surface area contributed by atoms with Crippen molar-refractivity contribution < 1.29 is 14.3 Å². The minimum absolute atomic E-state index is 0.0173. The molecule has 1 aromatic carbocycles. The van der Waals surface area contributed by atoms with E-state index in [-0.39, 0.29) is 30.4 Å². The first-order valence-electron chi connectivity index (χ1n) is 9.07. The summed E-state index contributed by atoms with van der Waals surface area (Å²) in [6, 6.07) is 7.21. The predicted octanol–water partition coefficient (Wildman–Crippen LogP) is 2.58. The number of hydrogen-bond acceptors (Lipinski definition) is 3. The predicted molar refractivity (Wildman–Crippen MR) is 94.5 cm³/mol. The summed E-state index contributed by atoms with van der Waals surface area (Å²) in [5, 5.41) is 0.582. The number of amides is 2. The Kier molecular flexibility index (Phi) is 4.59. The minimum atomic E-state index is -0.0575. The zero-order chi connectivity index (χ0) is 17.4. The van der Waals surface area contributed by atoms with Crippen LogP contribution in [0.2, 0.25) is 5.02 Å². The Morgan fingerprint density at radius 2 is 2.04 bits per heavy atom. The first kappa shape index (κ1) is 16.7. The van der Waals surface area contributed by atoms with Gasteiger partial charge in [0.1, 0.15) is 5.75 Å². The molecule has 2 amide bonds. The number of hydrogen-bond donors (Lipinski definition) is 0. The van der Waals surface area contributed by atoms with Crippen LogP contribution in [0.3, 0.4) is 0 Å². The fraction of sp³-hybridized carbons (Fsp3) is 0.579. The molecule has 0 N–H and O–H groups in total. The summed E-state index contributed by atoms with van der Waals surface area (Å²) >= 11 is 5.94. The highest BCUT2D eigenvalue weighted by Gasteiger charge is 2.43. The van der Waals surface area contributed by atoms with Crippen molar-refractivity contribution in [2.75, 3.05) is 26.2 Å². The maximum atomic E-state index is 12.7. The van der Waals surface area contributed by atoms with Gasteiger partial charge < -0.3 is 14.5 Å². The quantitative estimate of drug-likeness (QED) is 0.809. The van der Waals surface area contributed by atoms with Gasteiger partial charge in [0.2, 0.25) is 5.91 Å². The normalized spacial score (nSPS) is 25.9. The number of halogens is 1. The number of rotatable bonds is 5. The van der Waals surface area contributed by atoms with Gasteiger partial charge >= 0.3 is 0 Å². The second-order valence-corrected chi connectivity index (χ2v) is 7.84. The Labute approximate surface area is 152 Å². The van der Waals surface area contributed by atoms with Crippen molar-refractivity contribution in [1.29, 1.82) is 0 Å². The molecule has 1 aromatic rings. The molecular formula is C19H23ClN2O3. The number of fused-ring (bicyclic) bond motifs is 4. The van der Waals surface area contributed by atoms with Crippen molar-refractivity contribution in [3.63, 3.8) is 0 Å². The highest BCUT2D eigenvalue weighted by atomic mass is 35.5. The first-order chi connectivity index (χ1) is 12.1. The smallest absolute Gasteiger partial charge is 0.260 e. The van der Waals surface area contributed by atoms with E-state index < -0.39 is 0 Å². The van der Waals surface area contributed by atoms with Gasteiger partial charge in [-0.1, -0.05) is 17.7 Å². The first-order valence-corrected chi connectivity index (χ1v) is 9.44. The standard InChI is InChI=1S/C19H23ClN2O3/c20-15-2-1-3-17(8-15)25-12-18(23)21-10-14-6-7-16(11-21)22(19(14)24)9-13-4-5-13/h1-3,8,13-14,16H,4-7,9-12H2/t14-,16+/m0/s1. The van der Waals surface area contributed by atoms with Crippen molar-refractivity contribution in [2.45, 2.75) is 31.7 Å². The maximum Gasteiger partial charge on any atom is 0.260 e. The highest BCUT2D eigenvalue weighted by Crippen LogP contribution is 2.35. The van der Waals surface area contributed by atoms with E-state index in [4.69, 9.17) is 16.3 Å². The van der Waals surface area contributed by atoms with Crippen molar-refractivity contribution in [1.82, 2.24) is 9.80 Å². The van der Waals surface area contributed by atoms with E-state index in [1.807, 2.05) is 4.90 Å². The van der Waals surface area contributed by atoms with Gasteiger partial charge in [-0.25, -0.2) is 0 Å². The van der Waals surface area contributed by atoms with Crippen LogP contribution in [0.15, 0.2) is 24.3 Å². The number of nitrogens with zero attached hydrogens (tertiary/aromatic N) is 2. The zero-order valence-corrected chi connectivity index (χ0v) is 15.0. The van der Waals surface area contributed by atoms with Crippen molar-refractivity contribution in [2.24, 2.45) is 11.8 Å². The highest BCUT2D eigenvalue weighted by molar-refractivity contribution is 6.30. The SMILES string of the molecule is O=C(COc1cccc(Cl)c1)N1C[C@@H]2CC[C@H](C1)N(CC1CC1)C2=O. The van der Waals surface area contributed by atoms with E-state index in [1.165, 1.54) is 12.8 Å².